The van der Waals surface area contributed by atoms with E-state index in [9.17, 15) is 14.4 Å². The fourth-order valence-electron chi connectivity index (χ4n) is 7.38. The van der Waals surface area contributed by atoms with Gasteiger partial charge in [0.2, 0.25) is 0 Å². The smallest absolute Gasteiger partial charge is 0.318 e. The summed E-state index contributed by atoms with van der Waals surface area (Å²) in [4.78, 5) is 27.6. The highest BCUT2D eigenvalue weighted by Crippen LogP contribution is 2.56. The predicted octanol–water partition coefficient (Wildman–Crippen LogP) is 4.86. The van der Waals surface area contributed by atoms with Crippen LogP contribution in [-0.2, 0) is 23.1 Å². The Labute approximate surface area is 249 Å². The summed E-state index contributed by atoms with van der Waals surface area (Å²) < 4.78 is 36.9. The van der Waals surface area contributed by atoms with E-state index in [4.69, 9.17) is 26.3 Å². The van der Waals surface area contributed by atoms with Gasteiger partial charge < -0.3 is 19.4 Å². The average Bonchev–Trinajstić information content (AvgIpc) is 3.57. The number of nitriles is 1. The second-order valence-electron chi connectivity index (χ2n) is 11.9. The fourth-order valence-corrected chi connectivity index (χ4v) is 7.65. The predicted molar refractivity (Wildman–Crippen MR) is 155 cm³/mol. The summed E-state index contributed by atoms with van der Waals surface area (Å²) in [6.45, 7) is 5.32. The molecule has 4 atom stereocenters. The van der Waals surface area contributed by atoms with Crippen molar-refractivity contribution in [3.8, 4) is 12.1 Å². The van der Waals surface area contributed by atoms with E-state index in [1.807, 2.05) is 23.1 Å². The van der Waals surface area contributed by atoms with Gasteiger partial charge in [-0.15, -0.1) is 0 Å². The molecule has 11 heteroatoms. The van der Waals surface area contributed by atoms with Crippen molar-refractivity contribution in [2.75, 3.05) is 44.7 Å². The number of halogens is 3. The molecule has 1 unspecified atom stereocenters. The van der Waals surface area contributed by atoms with Crippen LogP contribution < -0.4 is 9.64 Å². The van der Waals surface area contributed by atoms with Gasteiger partial charge in [-0.05, 0) is 69.3 Å². The van der Waals surface area contributed by atoms with Crippen molar-refractivity contribution < 1.29 is 18.3 Å². The summed E-state index contributed by atoms with van der Waals surface area (Å²) in [5.41, 5.74) is 2.30. The Kier molecular flexibility index (Phi) is 7.83. The largest absolute Gasteiger partial charge is 0.462 e. The van der Waals surface area contributed by atoms with Gasteiger partial charge in [-0.3, -0.25) is 4.79 Å². The maximum Gasteiger partial charge on any atom is 0.318 e. The molecule has 0 bridgehead atoms. The van der Waals surface area contributed by atoms with Gasteiger partial charge in [0.15, 0.2) is 12.0 Å². The lowest BCUT2D eigenvalue weighted by Crippen LogP contribution is -2.55. The van der Waals surface area contributed by atoms with Crippen LogP contribution in [-0.4, -0.2) is 77.6 Å². The van der Waals surface area contributed by atoms with Gasteiger partial charge in [-0.2, -0.15) is 15.2 Å². The monoisotopic (exact) mass is 596 g/mol. The van der Waals surface area contributed by atoms with Gasteiger partial charge in [-0.25, -0.2) is 8.78 Å². The second kappa shape index (κ2) is 11.4. The van der Waals surface area contributed by atoms with Crippen LogP contribution in [0.2, 0.25) is 5.02 Å². The third-order valence-corrected chi connectivity index (χ3v) is 10.1. The highest BCUT2D eigenvalue weighted by molar-refractivity contribution is 6.31. The van der Waals surface area contributed by atoms with Crippen LogP contribution in [0.25, 0.3) is 0 Å². The second-order valence-corrected chi connectivity index (χ2v) is 12.3. The molecule has 1 aromatic heterocycles. The molecule has 1 amide bonds. The normalized spacial score (nSPS) is 27.1. The van der Waals surface area contributed by atoms with Crippen molar-refractivity contribution in [2.24, 2.45) is 0 Å². The third kappa shape index (κ3) is 4.90. The van der Waals surface area contributed by atoms with Crippen molar-refractivity contribution >= 4 is 23.3 Å². The van der Waals surface area contributed by atoms with E-state index in [2.05, 4.69) is 24.6 Å². The van der Waals surface area contributed by atoms with Crippen LogP contribution >= 0.6 is 11.6 Å². The molecule has 0 saturated carbocycles. The van der Waals surface area contributed by atoms with E-state index in [0.29, 0.717) is 55.4 Å². The van der Waals surface area contributed by atoms with Crippen LogP contribution in [0.1, 0.15) is 60.7 Å². The first kappa shape index (κ1) is 28.8. The maximum atomic E-state index is 17.0. The molecule has 2 aromatic rings. The summed E-state index contributed by atoms with van der Waals surface area (Å²) >= 11 is 6.52. The minimum Gasteiger partial charge on any atom is -0.462 e. The van der Waals surface area contributed by atoms with Crippen molar-refractivity contribution in [3.63, 3.8) is 0 Å². The zero-order valence-electron chi connectivity index (χ0n) is 23.8. The Morgan fingerprint density at radius 1 is 1.21 bits per heavy atom. The Hall–Kier alpha value is -3.29. The zero-order valence-corrected chi connectivity index (χ0v) is 24.5. The highest BCUT2D eigenvalue weighted by Gasteiger charge is 2.51. The summed E-state index contributed by atoms with van der Waals surface area (Å²) in [6.07, 6.45) is 3.24. The summed E-state index contributed by atoms with van der Waals surface area (Å²) in [7, 11) is 2.06. The molecule has 42 heavy (non-hydrogen) atoms. The SMILES string of the molecule is C=C(F)C(=O)N1CCN(c2nc(OC[C@H]3CCCN3C)nc3c2CC[C@@]2(CCc4c(Cl)cccc42)C3F)C[C@@H]1CC#N. The number of hydrogen-bond acceptors (Lipinski definition) is 7. The molecule has 3 heterocycles. The number of nitrogens with zero attached hydrogens (tertiary/aromatic N) is 6. The van der Waals surface area contributed by atoms with Gasteiger partial charge in [0, 0.05) is 41.7 Å². The Bertz CT molecular complexity index is 1450. The lowest BCUT2D eigenvalue weighted by atomic mass is 9.68. The van der Waals surface area contributed by atoms with Gasteiger partial charge in [0.05, 0.1) is 24.2 Å². The Balaban J connectivity index is 1.37. The molecule has 2 aliphatic heterocycles. The van der Waals surface area contributed by atoms with Gasteiger partial charge >= 0.3 is 6.01 Å². The molecular weight excluding hydrogens is 562 g/mol. The molecule has 1 aromatic carbocycles. The lowest BCUT2D eigenvalue weighted by Gasteiger charge is -2.43. The van der Waals surface area contributed by atoms with E-state index in [0.717, 1.165) is 36.1 Å². The first-order valence-electron chi connectivity index (χ1n) is 14.7. The number of alkyl halides is 1. The van der Waals surface area contributed by atoms with E-state index in [1.165, 1.54) is 4.90 Å². The third-order valence-electron chi connectivity index (χ3n) is 9.70. The first-order valence-corrected chi connectivity index (χ1v) is 15.0. The van der Waals surface area contributed by atoms with E-state index >= 15 is 4.39 Å². The number of carbonyl (C=O) groups is 1. The molecule has 6 rings (SSSR count). The summed E-state index contributed by atoms with van der Waals surface area (Å²) in [5, 5.41) is 10.1. The van der Waals surface area contributed by atoms with Crippen LogP contribution in [0.15, 0.2) is 30.6 Å². The number of rotatable bonds is 6. The van der Waals surface area contributed by atoms with Gasteiger partial charge in [0.25, 0.3) is 5.91 Å². The van der Waals surface area contributed by atoms with Crippen LogP contribution in [0.4, 0.5) is 14.6 Å². The van der Waals surface area contributed by atoms with Crippen LogP contribution in [0.3, 0.4) is 0 Å². The minimum atomic E-state index is -1.38. The van der Waals surface area contributed by atoms with Gasteiger partial charge in [-0.1, -0.05) is 30.3 Å². The maximum absolute atomic E-state index is 17.0. The Morgan fingerprint density at radius 2 is 2.00 bits per heavy atom. The van der Waals surface area contributed by atoms with Crippen molar-refractivity contribution in [1.82, 2.24) is 19.8 Å². The fraction of sp³-hybridized carbons (Fsp3) is 0.548. The number of ether oxygens (including phenoxy) is 1. The molecule has 222 valence electrons. The number of anilines is 1. The number of likely N-dealkylation sites (tertiary alicyclic amines) is 1. The quantitative estimate of drug-likeness (QED) is 0.440. The molecule has 0 N–H and O–H groups in total. The number of aromatic nitrogens is 2. The molecule has 2 fully saturated rings. The van der Waals surface area contributed by atoms with Gasteiger partial charge in [0.1, 0.15) is 12.4 Å². The van der Waals surface area contributed by atoms with Crippen LogP contribution in [0, 0.1) is 11.3 Å². The molecule has 4 aliphatic rings. The molecule has 2 saturated heterocycles. The van der Waals surface area contributed by atoms with Crippen molar-refractivity contribution in [2.45, 2.75) is 68.6 Å². The topological polar surface area (TPSA) is 85.6 Å². The highest BCUT2D eigenvalue weighted by atomic mass is 35.5. The molecule has 2 aliphatic carbocycles. The van der Waals surface area contributed by atoms with E-state index < -0.39 is 29.4 Å². The first-order chi connectivity index (χ1) is 20.2. The van der Waals surface area contributed by atoms with E-state index in [-0.39, 0.29) is 31.6 Å². The Morgan fingerprint density at radius 3 is 2.71 bits per heavy atom. The van der Waals surface area contributed by atoms with Crippen molar-refractivity contribution in [1.29, 1.82) is 5.26 Å². The lowest BCUT2D eigenvalue weighted by molar-refractivity contribution is -0.131. The minimum absolute atomic E-state index is 0.0204. The summed E-state index contributed by atoms with van der Waals surface area (Å²) in [5.74, 6) is -1.31. The number of hydrogen-bond donors (Lipinski definition) is 0. The standard InChI is InChI=1S/C31H35ClF2N6O2/c1-19(33)29(41)40-16-15-39(17-20(40)10-13-35)28-23-9-12-31(11-8-22-24(31)6-3-7-25(22)32)27(34)26(23)36-30(37-28)42-18-21-5-4-14-38(21)2/h3,6-7,20-21,27H,1,4-5,8-12,14-18H2,2H3/t20-,21+,27?,31+/m0/s1. The van der Waals surface area contributed by atoms with Crippen molar-refractivity contribution in [3.05, 3.63) is 58.0 Å². The number of carbonyl (C=O) groups excluding carboxylic acids is 1. The van der Waals surface area contributed by atoms with E-state index in [1.54, 1.807) is 0 Å². The number of benzene rings is 1. The van der Waals surface area contributed by atoms with Crippen LogP contribution in [0.5, 0.6) is 6.01 Å². The number of likely N-dealkylation sites (N-methyl/N-ethyl adjacent to an activating group) is 1. The molecular formula is C31H35ClF2N6O2. The number of piperazine rings is 1. The number of fused-ring (bicyclic) bond motifs is 3. The number of amides is 1. The molecule has 1 spiro atoms. The zero-order chi connectivity index (χ0) is 29.6. The summed E-state index contributed by atoms with van der Waals surface area (Å²) in [6, 6.07) is 7.63. The molecule has 8 nitrogen and oxygen atoms in total. The average molecular weight is 597 g/mol. The molecule has 0 radical (unpaired) electrons.